The second-order valence-corrected chi connectivity index (χ2v) is 4.83. The normalized spacial score (nSPS) is 10.6. The van der Waals surface area contributed by atoms with Crippen molar-refractivity contribution in [2.75, 3.05) is 0 Å². The lowest BCUT2D eigenvalue weighted by molar-refractivity contribution is 0.0946. The second kappa shape index (κ2) is 5.28. The number of aryl methyl sites for hydroxylation is 1. The summed E-state index contributed by atoms with van der Waals surface area (Å²) in [5.74, 6) is -0.186. The summed E-state index contributed by atoms with van der Waals surface area (Å²) < 4.78 is 1.77. The Morgan fingerprint density at radius 2 is 2.39 bits per heavy atom. The quantitative estimate of drug-likeness (QED) is 0.846. The van der Waals surface area contributed by atoms with Gasteiger partial charge in [-0.05, 0) is 6.92 Å². The molecule has 2 rings (SSSR count). The average Bonchev–Trinajstić information content (AvgIpc) is 2.96. The van der Waals surface area contributed by atoms with Gasteiger partial charge in [0.05, 0.1) is 6.20 Å². The summed E-state index contributed by atoms with van der Waals surface area (Å²) in [6, 6.07) is 0. The van der Waals surface area contributed by atoms with E-state index in [0.717, 1.165) is 16.3 Å². The number of hydrogen-bond acceptors (Lipinski definition) is 5. The highest BCUT2D eigenvalue weighted by atomic mass is 32.1. The van der Waals surface area contributed by atoms with Gasteiger partial charge in [-0.25, -0.2) is 4.98 Å². The molecule has 0 unspecified atom stereocenters. The first-order chi connectivity index (χ1) is 8.61. The summed E-state index contributed by atoms with van der Waals surface area (Å²) in [4.78, 5) is 16.0. The van der Waals surface area contributed by atoms with E-state index in [0.29, 0.717) is 18.8 Å². The fourth-order valence-electron chi connectivity index (χ4n) is 1.49. The van der Waals surface area contributed by atoms with Crippen molar-refractivity contribution in [3.63, 3.8) is 0 Å². The van der Waals surface area contributed by atoms with Gasteiger partial charge < -0.3 is 11.1 Å². The molecule has 1 amide bonds. The maximum absolute atomic E-state index is 11.8. The van der Waals surface area contributed by atoms with Crippen molar-refractivity contribution in [2.24, 2.45) is 12.8 Å². The number of aromatic nitrogens is 3. The van der Waals surface area contributed by atoms with Crippen molar-refractivity contribution in [3.8, 4) is 0 Å². The van der Waals surface area contributed by atoms with E-state index in [-0.39, 0.29) is 5.91 Å². The van der Waals surface area contributed by atoms with Gasteiger partial charge in [0.15, 0.2) is 0 Å². The van der Waals surface area contributed by atoms with Crippen LogP contribution >= 0.6 is 11.3 Å². The van der Waals surface area contributed by atoms with Gasteiger partial charge in [0.2, 0.25) is 0 Å². The Morgan fingerprint density at radius 3 is 2.94 bits per heavy atom. The summed E-state index contributed by atoms with van der Waals surface area (Å²) in [5, 5.41) is 9.42. The molecule has 0 saturated heterocycles. The molecule has 0 bridgehead atoms. The van der Waals surface area contributed by atoms with Crippen LogP contribution in [0, 0.1) is 6.92 Å². The number of carbonyl (C=O) groups excluding carboxylic acids is 1. The molecule has 0 spiro atoms. The van der Waals surface area contributed by atoms with Crippen LogP contribution in [0.25, 0.3) is 0 Å². The SMILES string of the molecule is Cc1c(CNC(=O)c2csc(CN)n2)cnn1C. The molecule has 2 heterocycles. The van der Waals surface area contributed by atoms with E-state index in [1.807, 2.05) is 14.0 Å². The van der Waals surface area contributed by atoms with E-state index in [1.165, 1.54) is 11.3 Å². The Labute approximate surface area is 109 Å². The van der Waals surface area contributed by atoms with Gasteiger partial charge in [0.1, 0.15) is 10.7 Å². The van der Waals surface area contributed by atoms with Crippen LogP contribution in [0.2, 0.25) is 0 Å². The zero-order valence-corrected chi connectivity index (χ0v) is 11.1. The minimum absolute atomic E-state index is 0.186. The van der Waals surface area contributed by atoms with Gasteiger partial charge in [0.25, 0.3) is 5.91 Å². The van der Waals surface area contributed by atoms with Gasteiger partial charge in [-0.3, -0.25) is 9.48 Å². The van der Waals surface area contributed by atoms with Crippen molar-refractivity contribution in [2.45, 2.75) is 20.0 Å². The number of thiazole rings is 1. The molecule has 3 N–H and O–H groups in total. The maximum Gasteiger partial charge on any atom is 0.271 e. The summed E-state index contributed by atoms with van der Waals surface area (Å²) in [5.41, 5.74) is 7.91. The van der Waals surface area contributed by atoms with Crippen LogP contribution in [0.1, 0.15) is 26.8 Å². The summed E-state index contributed by atoms with van der Waals surface area (Å²) in [6.45, 7) is 2.78. The Balaban J connectivity index is 1.98. The summed E-state index contributed by atoms with van der Waals surface area (Å²) in [6.07, 6.45) is 1.75. The third-order valence-electron chi connectivity index (χ3n) is 2.74. The largest absolute Gasteiger partial charge is 0.346 e. The highest BCUT2D eigenvalue weighted by Crippen LogP contribution is 2.09. The molecule has 18 heavy (non-hydrogen) atoms. The van der Waals surface area contributed by atoms with Crippen molar-refractivity contribution in [1.82, 2.24) is 20.1 Å². The van der Waals surface area contributed by atoms with Crippen molar-refractivity contribution in [3.05, 3.63) is 33.5 Å². The molecule has 2 aromatic rings. The Hall–Kier alpha value is -1.73. The third-order valence-corrected chi connectivity index (χ3v) is 3.61. The fraction of sp³-hybridized carbons (Fsp3) is 0.364. The number of nitrogens with zero attached hydrogens (tertiary/aromatic N) is 3. The van der Waals surface area contributed by atoms with Crippen LogP contribution in [0.3, 0.4) is 0 Å². The van der Waals surface area contributed by atoms with Gasteiger partial charge in [0, 0.05) is 36.8 Å². The lowest BCUT2D eigenvalue weighted by Crippen LogP contribution is -2.23. The van der Waals surface area contributed by atoms with Crippen LogP contribution in [-0.2, 0) is 20.1 Å². The first-order valence-electron chi connectivity index (χ1n) is 5.52. The lowest BCUT2D eigenvalue weighted by Gasteiger charge is -2.02. The summed E-state index contributed by atoms with van der Waals surface area (Å²) >= 11 is 1.39. The highest BCUT2D eigenvalue weighted by Gasteiger charge is 2.11. The predicted molar refractivity (Wildman–Crippen MR) is 69.1 cm³/mol. The standard InChI is InChI=1S/C11H15N5OS/c1-7-8(5-14-16(7)2)4-13-11(17)9-6-18-10(3-12)15-9/h5-6H,3-4,12H2,1-2H3,(H,13,17). The van der Waals surface area contributed by atoms with Crippen molar-refractivity contribution < 1.29 is 4.79 Å². The lowest BCUT2D eigenvalue weighted by atomic mass is 10.2. The molecule has 6 nitrogen and oxygen atoms in total. The van der Waals surface area contributed by atoms with Crippen LogP contribution in [0.4, 0.5) is 0 Å². The minimum Gasteiger partial charge on any atom is -0.346 e. The topological polar surface area (TPSA) is 85.8 Å². The minimum atomic E-state index is -0.186. The van der Waals surface area contributed by atoms with Crippen LogP contribution in [-0.4, -0.2) is 20.7 Å². The summed E-state index contributed by atoms with van der Waals surface area (Å²) in [7, 11) is 1.87. The molecule has 0 aliphatic rings. The van der Waals surface area contributed by atoms with E-state index < -0.39 is 0 Å². The number of nitrogens with two attached hydrogens (primary N) is 1. The molecular formula is C11H15N5OS. The van der Waals surface area contributed by atoms with Gasteiger partial charge in [-0.15, -0.1) is 11.3 Å². The number of hydrogen-bond donors (Lipinski definition) is 2. The molecule has 0 atom stereocenters. The molecule has 0 saturated carbocycles. The molecule has 7 heteroatoms. The number of carbonyl (C=O) groups is 1. The Bertz CT molecular complexity index is 560. The van der Waals surface area contributed by atoms with E-state index in [9.17, 15) is 4.79 Å². The Kier molecular flexibility index (Phi) is 3.73. The molecule has 2 aromatic heterocycles. The fourth-order valence-corrected chi connectivity index (χ4v) is 2.15. The second-order valence-electron chi connectivity index (χ2n) is 3.89. The van der Waals surface area contributed by atoms with Gasteiger partial charge in [-0.1, -0.05) is 0 Å². The van der Waals surface area contributed by atoms with E-state index >= 15 is 0 Å². The predicted octanol–water partition coefficient (Wildman–Crippen LogP) is 0.574. The Morgan fingerprint density at radius 1 is 1.61 bits per heavy atom. The van der Waals surface area contributed by atoms with Crippen molar-refractivity contribution in [1.29, 1.82) is 0 Å². The number of nitrogens with one attached hydrogen (secondary N) is 1. The first-order valence-corrected chi connectivity index (χ1v) is 6.40. The van der Waals surface area contributed by atoms with E-state index in [1.54, 1.807) is 16.3 Å². The first kappa shape index (κ1) is 12.7. The van der Waals surface area contributed by atoms with Crippen LogP contribution < -0.4 is 11.1 Å². The zero-order chi connectivity index (χ0) is 13.1. The number of rotatable bonds is 4. The molecule has 0 fully saturated rings. The molecule has 0 radical (unpaired) electrons. The van der Waals surface area contributed by atoms with Crippen LogP contribution in [0.5, 0.6) is 0 Å². The molecule has 96 valence electrons. The molecule has 0 aromatic carbocycles. The molecular weight excluding hydrogens is 250 g/mol. The van der Waals surface area contributed by atoms with Gasteiger partial charge >= 0.3 is 0 Å². The van der Waals surface area contributed by atoms with Crippen LogP contribution in [0.15, 0.2) is 11.6 Å². The maximum atomic E-state index is 11.8. The van der Waals surface area contributed by atoms with E-state index in [4.69, 9.17) is 5.73 Å². The smallest absolute Gasteiger partial charge is 0.271 e. The molecule has 0 aliphatic carbocycles. The van der Waals surface area contributed by atoms with Gasteiger partial charge in [-0.2, -0.15) is 5.10 Å². The monoisotopic (exact) mass is 265 g/mol. The van der Waals surface area contributed by atoms with Crippen molar-refractivity contribution >= 4 is 17.2 Å². The highest BCUT2D eigenvalue weighted by molar-refractivity contribution is 7.09. The van der Waals surface area contributed by atoms with E-state index in [2.05, 4.69) is 15.4 Å². The zero-order valence-electron chi connectivity index (χ0n) is 10.3. The third kappa shape index (κ3) is 2.57. The molecule has 0 aliphatic heterocycles. The number of amides is 1. The average molecular weight is 265 g/mol.